The molecule has 0 aliphatic carbocycles. The Labute approximate surface area is 116 Å². The van der Waals surface area contributed by atoms with Gasteiger partial charge >= 0.3 is 0 Å². The molecule has 0 bridgehead atoms. The average Bonchev–Trinajstić information content (AvgIpc) is 2.92. The Morgan fingerprint density at radius 2 is 2.05 bits per heavy atom. The van der Waals surface area contributed by atoms with Crippen LogP contribution in [0.2, 0.25) is 0 Å². The normalized spacial score (nSPS) is 16.2. The van der Waals surface area contributed by atoms with Crippen LogP contribution in [-0.4, -0.2) is 24.4 Å². The van der Waals surface area contributed by atoms with Gasteiger partial charge in [0.2, 0.25) is 0 Å². The SMILES string of the molecule is O=S(=O)(c1cccs1)N1CCc2ccc(O)cc2C1. The van der Waals surface area contributed by atoms with Crippen LogP contribution in [0.3, 0.4) is 0 Å². The van der Waals surface area contributed by atoms with Crippen LogP contribution in [0, 0.1) is 0 Å². The summed E-state index contributed by atoms with van der Waals surface area (Å²) in [6.45, 7) is 0.808. The number of rotatable bonds is 2. The summed E-state index contributed by atoms with van der Waals surface area (Å²) in [6.07, 6.45) is 0.681. The molecule has 0 saturated carbocycles. The minimum Gasteiger partial charge on any atom is -0.508 e. The molecule has 1 aromatic heterocycles. The highest BCUT2D eigenvalue weighted by Gasteiger charge is 2.28. The second-order valence-corrected chi connectivity index (χ2v) is 7.59. The highest BCUT2D eigenvalue weighted by molar-refractivity contribution is 7.91. The van der Waals surface area contributed by atoms with Gasteiger partial charge in [-0.25, -0.2) is 8.42 Å². The van der Waals surface area contributed by atoms with Crippen LogP contribution in [0.15, 0.2) is 39.9 Å². The molecule has 0 atom stereocenters. The summed E-state index contributed by atoms with van der Waals surface area (Å²) < 4.78 is 26.7. The van der Waals surface area contributed by atoms with Crippen LogP contribution in [-0.2, 0) is 23.0 Å². The first kappa shape index (κ1) is 12.7. The monoisotopic (exact) mass is 295 g/mol. The van der Waals surface area contributed by atoms with E-state index in [0.717, 1.165) is 11.1 Å². The Morgan fingerprint density at radius 1 is 1.21 bits per heavy atom. The fourth-order valence-corrected chi connectivity index (χ4v) is 4.82. The van der Waals surface area contributed by atoms with Crippen LogP contribution < -0.4 is 0 Å². The van der Waals surface area contributed by atoms with Crippen molar-refractivity contribution in [1.29, 1.82) is 0 Å². The van der Waals surface area contributed by atoms with Gasteiger partial charge in [0, 0.05) is 13.1 Å². The summed E-state index contributed by atoms with van der Waals surface area (Å²) in [5.74, 6) is 0.175. The van der Waals surface area contributed by atoms with Crippen LogP contribution in [0.1, 0.15) is 11.1 Å². The van der Waals surface area contributed by atoms with E-state index in [0.29, 0.717) is 23.7 Å². The van der Waals surface area contributed by atoms with E-state index in [1.165, 1.54) is 15.6 Å². The molecule has 2 aromatic rings. The smallest absolute Gasteiger partial charge is 0.252 e. The first-order chi connectivity index (χ1) is 9.07. The first-order valence-electron chi connectivity index (χ1n) is 5.92. The van der Waals surface area contributed by atoms with Crippen molar-refractivity contribution in [3.05, 3.63) is 46.8 Å². The number of phenolic OH excluding ortho intramolecular Hbond substituents is 1. The van der Waals surface area contributed by atoms with Crippen molar-refractivity contribution in [2.75, 3.05) is 6.54 Å². The second-order valence-electron chi connectivity index (χ2n) is 4.47. The number of benzene rings is 1. The number of fused-ring (bicyclic) bond motifs is 1. The predicted molar refractivity (Wildman–Crippen MR) is 73.7 cm³/mol. The van der Waals surface area contributed by atoms with Crippen LogP contribution in [0.25, 0.3) is 0 Å². The van der Waals surface area contributed by atoms with Crippen molar-refractivity contribution in [3.8, 4) is 5.75 Å². The molecule has 2 heterocycles. The van der Waals surface area contributed by atoms with E-state index in [9.17, 15) is 13.5 Å². The Bertz CT molecular complexity index is 693. The number of hydrogen-bond acceptors (Lipinski definition) is 4. The third-order valence-corrected chi connectivity index (χ3v) is 6.47. The van der Waals surface area contributed by atoms with E-state index >= 15 is 0 Å². The van der Waals surface area contributed by atoms with Crippen molar-refractivity contribution in [2.45, 2.75) is 17.2 Å². The van der Waals surface area contributed by atoms with Crippen molar-refractivity contribution in [2.24, 2.45) is 0 Å². The lowest BCUT2D eigenvalue weighted by Crippen LogP contribution is -2.35. The van der Waals surface area contributed by atoms with Crippen LogP contribution in [0.5, 0.6) is 5.75 Å². The van der Waals surface area contributed by atoms with Crippen molar-refractivity contribution >= 4 is 21.4 Å². The number of phenols is 1. The quantitative estimate of drug-likeness (QED) is 0.924. The van der Waals surface area contributed by atoms with Gasteiger partial charge in [-0.3, -0.25) is 0 Å². The number of hydrogen-bond donors (Lipinski definition) is 1. The van der Waals surface area contributed by atoms with Gasteiger partial charge in [-0.15, -0.1) is 11.3 Å². The van der Waals surface area contributed by atoms with Crippen molar-refractivity contribution in [3.63, 3.8) is 0 Å². The Balaban J connectivity index is 1.94. The molecule has 1 aromatic carbocycles. The summed E-state index contributed by atoms with van der Waals surface area (Å²) >= 11 is 1.23. The topological polar surface area (TPSA) is 57.6 Å². The molecule has 0 saturated heterocycles. The molecule has 0 radical (unpaired) electrons. The second kappa shape index (κ2) is 4.63. The van der Waals surface area contributed by atoms with Gasteiger partial charge in [0.1, 0.15) is 9.96 Å². The maximum atomic E-state index is 12.4. The van der Waals surface area contributed by atoms with E-state index < -0.39 is 10.0 Å². The zero-order valence-corrected chi connectivity index (χ0v) is 11.7. The third-order valence-electron chi connectivity index (χ3n) is 3.26. The van der Waals surface area contributed by atoms with Crippen LogP contribution in [0.4, 0.5) is 0 Å². The maximum Gasteiger partial charge on any atom is 0.252 e. The summed E-state index contributed by atoms with van der Waals surface area (Å²) in [6, 6.07) is 8.51. The van der Waals surface area contributed by atoms with E-state index in [2.05, 4.69) is 0 Å². The minimum atomic E-state index is -3.40. The van der Waals surface area contributed by atoms with E-state index in [1.54, 1.807) is 29.6 Å². The molecule has 0 amide bonds. The maximum absolute atomic E-state index is 12.4. The van der Waals surface area contributed by atoms with Gasteiger partial charge in [0.25, 0.3) is 10.0 Å². The van der Waals surface area contributed by atoms with Gasteiger partial charge in [0.15, 0.2) is 0 Å². The molecular weight excluding hydrogens is 282 g/mol. The lowest BCUT2D eigenvalue weighted by atomic mass is 10.0. The predicted octanol–water partition coefficient (Wildman–Crippen LogP) is 2.20. The third kappa shape index (κ3) is 2.27. The standard InChI is InChI=1S/C13H13NO3S2/c15-12-4-3-10-5-6-14(9-11(10)8-12)19(16,17)13-2-1-7-18-13/h1-4,7-8,15H,5-6,9H2. The van der Waals surface area contributed by atoms with Gasteiger partial charge in [-0.05, 0) is 41.1 Å². The number of sulfonamides is 1. The lowest BCUT2D eigenvalue weighted by Gasteiger charge is -2.27. The fraction of sp³-hybridized carbons (Fsp3) is 0.231. The Hall–Kier alpha value is -1.37. The molecule has 4 nitrogen and oxygen atoms in total. The number of thiophene rings is 1. The Morgan fingerprint density at radius 3 is 2.79 bits per heavy atom. The van der Waals surface area contributed by atoms with Crippen molar-refractivity contribution in [1.82, 2.24) is 4.31 Å². The minimum absolute atomic E-state index is 0.175. The summed E-state index contributed by atoms with van der Waals surface area (Å²) in [5, 5.41) is 11.3. The zero-order valence-electron chi connectivity index (χ0n) is 10.1. The first-order valence-corrected chi connectivity index (χ1v) is 8.24. The number of aromatic hydroxyl groups is 1. The largest absolute Gasteiger partial charge is 0.508 e. The van der Waals surface area contributed by atoms with Gasteiger partial charge in [0.05, 0.1) is 0 Å². The average molecular weight is 295 g/mol. The van der Waals surface area contributed by atoms with Gasteiger partial charge < -0.3 is 5.11 Å². The summed E-state index contributed by atoms with van der Waals surface area (Å²) in [4.78, 5) is 0. The molecule has 19 heavy (non-hydrogen) atoms. The molecule has 6 heteroatoms. The molecule has 100 valence electrons. The highest BCUT2D eigenvalue weighted by atomic mass is 32.2. The Kier molecular flexibility index (Phi) is 3.08. The van der Waals surface area contributed by atoms with Crippen molar-refractivity contribution < 1.29 is 13.5 Å². The molecule has 1 aliphatic rings. The van der Waals surface area contributed by atoms with E-state index in [4.69, 9.17) is 0 Å². The fourth-order valence-electron chi connectivity index (χ4n) is 2.26. The molecule has 0 spiro atoms. The molecule has 3 rings (SSSR count). The number of nitrogens with zero attached hydrogens (tertiary/aromatic N) is 1. The van der Waals surface area contributed by atoms with E-state index in [1.807, 2.05) is 6.07 Å². The molecule has 1 N–H and O–H groups in total. The van der Waals surface area contributed by atoms with E-state index in [-0.39, 0.29) is 5.75 Å². The molecule has 1 aliphatic heterocycles. The highest BCUT2D eigenvalue weighted by Crippen LogP contribution is 2.28. The lowest BCUT2D eigenvalue weighted by molar-refractivity contribution is 0.390. The zero-order chi connectivity index (χ0) is 13.5. The summed E-state index contributed by atoms with van der Waals surface area (Å²) in [7, 11) is -3.40. The van der Waals surface area contributed by atoms with Gasteiger partial charge in [-0.2, -0.15) is 4.31 Å². The molecule has 0 fully saturated rings. The molecule has 0 unspecified atom stereocenters. The molecular formula is C13H13NO3S2. The van der Waals surface area contributed by atoms with Gasteiger partial charge in [-0.1, -0.05) is 12.1 Å². The van der Waals surface area contributed by atoms with Crippen LogP contribution >= 0.6 is 11.3 Å². The summed E-state index contributed by atoms with van der Waals surface area (Å²) in [5.41, 5.74) is 1.99.